The lowest BCUT2D eigenvalue weighted by atomic mass is 9.85. The molecule has 0 spiro atoms. The van der Waals surface area contributed by atoms with Gasteiger partial charge in [0.15, 0.2) is 0 Å². The third-order valence-electron chi connectivity index (χ3n) is 5.02. The minimum Gasteiger partial charge on any atom is -0.353 e. The van der Waals surface area contributed by atoms with Crippen LogP contribution < -0.4 is 10.9 Å². The van der Waals surface area contributed by atoms with E-state index in [2.05, 4.69) is 10.3 Å². The van der Waals surface area contributed by atoms with Gasteiger partial charge >= 0.3 is 6.18 Å². The van der Waals surface area contributed by atoms with Crippen LogP contribution in [0.4, 0.5) is 13.2 Å². The molecule has 2 atom stereocenters. The van der Waals surface area contributed by atoms with Crippen LogP contribution in [0.15, 0.2) is 4.79 Å². The van der Waals surface area contributed by atoms with E-state index in [1.165, 1.54) is 0 Å². The zero-order chi connectivity index (χ0) is 19.5. The van der Waals surface area contributed by atoms with Gasteiger partial charge in [0.25, 0.3) is 5.56 Å². The van der Waals surface area contributed by atoms with Crippen LogP contribution in [-0.4, -0.2) is 23.1 Å². The van der Waals surface area contributed by atoms with Gasteiger partial charge < -0.3 is 10.3 Å². The second-order valence-corrected chi connectivity index (χ2v) is 6.84. The summed E-state index contributed by atoms with van der Waals surface area (Å²) in [5.41, 5.74) is 1.40. The van der Waals surface area contributed by atoms with Gasteiger partial charge in [-0.2, -0.15) is 18.4 Å². The van der Waals surface area contributed by atoms with Crippen molar-refractivity contribution >= 4 is 5.91 Å². The molecule has 1 aliphatic rings. The van der Waals surface area contributed by atoms with Gasteiger partial charge in [0.2, 0.25) is 5.91 Å². The number of halogens is 3. The number of nitrogens with zero attached hydrogens (tertiary/aromatic N) is 1. The fraction of sp³-hybridized carbons (Fsp3) is 0.611. The molecule has 2 N–H and O–H groups in total. The third kappa shape index (κ3) is 4.65. The molecule has 5 nitrogen and oxygen atoms in total. The highest BCUT2D eigenvalue weighted by atomic mass is 19.4. The fourth-order valence-electron chi connectivity index (χ4n) is 3.58. The van der Waals surface area contributed by atoms with Gasteiger partial charge in [-0.15, -0.1) is 0 Å². The molecule has 1 heterocycles. The molecule has 1 aromatic heterocycles. The van der Waals surface area contributed by atoms with Crippen LogP contribution in [-0.2, 0) is 11.2 Å². The molecule has 0 aliphatic heterocycles. The monoisotopic (exact) mass is 369 g/mol. The number of pyridine rings is 1. The van der Waals surface area contributed by atoms with Crippen LogP contribution in [0.2, 0.25) is 0 Å². The smallest absolute Gasteiger partial charge is 0.353 e. The van der Waals surface area contributed by atoms with E-state index < -0.39 is 23.7 Å². The first kappa shape index (κ1) is 20.0. The average molecular weight is 369 g/mol. The van der Waals surface area contributed by atoms with Gasteiger partial charge in [0, 0.05) is 18.2 Å². The summed E-state index contributed by atoms with van der Waals surface area (Å²) in [4.78, 5) is 26.5. The molecular formula is C18H22F3N3O2. The van der Waals surface area contributed by atoms with E-state index >= 15 is 0 Å². The number of H-pyrrole nitrogens is 1. The maximum atomic E-state index is 12.8. The van der Waals surface area contributed by atoms with Gasteiger partial charge in [-0.1, -0.05) is 6.42 Å². The number of carbonyl (C=O) groups excluding carboxylic acids is 1. The third-order valence-corrected chi connectivity index (χ3v) is 5.02. The van der Waals surface area contributed by atoms with Gasteiger partial charge in [-0.05, 0) is 50.7 Å². The predicted octanol–water partition coefficient (Wildman–Crippen LogP) is 3.03. The van der Waals surface area contributed by atoms with Crippen molar-refractivity contribution in [1.29, 1.82) is 5.26 Å². The highest BCUT2D eigenvalue weighted by molar-refractivity contribution is 5.76. The molecular weight excluding hydrogens is 347 g/mol. The van der Waals surface area contributed by atoms with Crippen molar-refractivity contribution in [2.24, 2.45) is 5.92 Å². The van der Waals surface area contributed by atoms with Crippen molar-refractivity contribution in [2.45, 2.75) is 64.6 Å². The van der Waals surface area contributed by atoms with Crippen molar-refractivity contribution in [3.8, 4) is 6.07 Å². The Labute approximate surface area is 149 Å². The van der Waals surface area contributed by atoms with Crippen molar-refractivity contribution in [3.05, 3.63) is 32.7 Å². The maximum absolute atomic E-state index is 12.8. The largest absolute Gasteiger partial charge is 0.391 e. The van der Waals surface area contributed by atoms with E-state index in [0.717, 1.165) is 0 Å². The van der Waals surface area contributed by atoms with Crippen LogP contribution >= 0.6 is 0 Å². The number of aryl methyl sites for hydroxylation is 1. The molecule has 0 saturated heterocycles. The predicted molar refractivity (Wildman–Crippen MR) is 89.5 cm³/mol. The Kier molecular flexibility index (Phi) is 6.11. The second-order valence-electron chi connectivity index (χ2n) is 6.84. The van der Waals surface area contributed by atoms with Crippen LogP contribution in [0, 0.1) is 31.1 Å². The summed E-state index contributed by atoms with van der Waals surface area (Å²) in [5, 5.41) is 11.8. The first-order valence-electron chi connectivity index (χ1n) is 8.62. The number of hydrogen-bond acceptors (Lipinski definition) is 3. The number of nitriles is 1. The molecule has 142 valence electrons. The summed E-state index contributed by atoms with van der Waals surface area (Å²) in [6.07, 6.45) is -2.79. The molecule has 0 radical (unpaired) electrons. The van der Waals surface area contributed by atoms with E-state index in [1.807, 2.05) is 6.07 Å². The number of nitrogens with one attached hydrogen (secondary N) is 2. The van der Waals surface area contributed by atoms with Crippen molar-refractivity contribution in [2.75, 3.05) is 0 Å². The molecule has 8 heteroatoms. The van der Waals surface area contributed by atoms with Crippen molar-refractivity contribution < 1.29 is 18.0 Å². The molecule has 1 amide bonds. The lowest BCUT2D eigenvalue weighted by Crippen LogP contribution is -2.41. The van der Waals surface area contributed by atoms with E-state index in [1.54, 1.807) is 13.8 Å². The fourth-order valence-corrected chi connectivity index (χ4v) is 3.58. The standard InChI is InChI=1S/C18H22F3N3O2/c1-10-14(11(2)23-17(26)15(10)9-22)6-7-16(25)24-13-5-3-4-12(8-13)18(19,20)21/h12-13H,3-8H2,1-2H3,(H,23,26)(H,24,25). The number of aromatic nitrogens is 1. The highest BCUT2D eigenvalue weighted by Gasteiger charge is 2.42. The van der Waals surface area contributed by atoms with Gasteiger partial charge in [0.05, 0.1) is 5.92 Å². The van der Waals surface area contributed by atoms with E-state index in [4.69, 9.17) is 5.26 Å². The Morgan fingerprint density at radius 2 is 2.04 bits per heavy atom. The topological polar surface area (TPSA) is 85.8 Å². The second kappa shape index (κ2) is 7.94. The number of rotatable bonds is 4. The summed E-state index contributed by atoms with van der Waals surface area (Å²) in [6, 6.07) is 1.39. The Hall–Kier alpha value is -2.30. The number of aromatic amines is 1. The molecule has 2 rings (SSSR count). The van der Waals surface area contributed by atoms with Crippen molar-refractivity contribution in [1.82, 2.24) is 10.3 Å². The Morgan fingerprint density at radius 1 is 1.35 bits per heavy atom. The van der Waals surface area contributed by atoms with E-state index in [0.29, 0.717) is 36.1 Å². The van der Waals surface area contributed by atoms with Crippen LogP contribution in [0.3, 0.4) is 0 Å². The van der Waals surface area contributed by atoms with Crippen LogP contribution in [0.1, 0.15) is 54.5 Å². The Balaban J connectivity index is 1.98. The molecule has 1 saturated carbocycles. The molecule has 2 unspecified atom stereocenters. The molecule has 0 aromatic carbocycles. The SMILES string of the molecule is Cc1[nH]c(=O)c(C#N)c(C)c1CCC(=O)NC1CCCC(C(F)(F)F)C1. The number of alkyl halides is 3. The van der Waals surface area contributed by atoms with E-state index in [-0.39, 0.29) is 30.7 Å². The number of carbonyl (C=O) groups is 1. The summed E-state index contributed by atoms with van der Waals surface area (Å²) in [5.74, 6) is -1.68. The molecule has 26 heavy (non-hydrogen) atoms. The minimum absolute atomic E-state index is 0.0197. The first-order valence-corrected chi connectivity index (χ1v) is 8.62. The lowest BCUT2D eigenvalue weighted by molar-refractivity contribution is -0.184. The maximum Gasteiger partial charge on any atom is 0.391 e. The summed E-state index contributed by atoms with van der Waals surface area (Å²) < 4.78 is 38.5. The normalized spacial score (nSPS) is 20.5. The summed E-state index contributed by atoms with van der Waals surface area (Å²) >= 11 is 0. The molecule has 1 fully saturated rings. The van der Waals surface area contributed by atoms with Gasteiger partial charge in [-0.3, -0.25) is 9.59 Å². The zero-order valence-corrected chi connectivity index (χ0v) is 14.8. The molecule has 0 bridgehead atoms. The van der Waals surface area contributed by atoms with E-state index in [9.17, 15) is 22.8 Å². The van der Waals surface area contributed by atoms with Crippen LogP contribution in [0.5, 0.6) is 0 Å². The molecule has 1 aliphatic carbocycles. The Bertz CT molecular complexity index is 778. The van der Waals surface area contributed by atoms with Gasteiger partial charge in [0.1, 0.15) is 11.6 Å². The van der Waals surface area contributed by atoms with Gasteiger partial charge in [-0.25, -0.2) is 0 Å². The number of amides is 1. The highest BCUT2D eigenvalue weighted by Crippen LogP contribution is 2.37. The zero-order valence-electron chi connectivity index (χ0n) is 14.8. The summed E-state index contributed by atoms with van der Waals surface area (Å²) in [6.45, 7) is 3.35. The molecule has 1 aromatic rings. The average Bonchev–Trinajstić information content (AvgIpc) is 2.54. The van der Waals surface area contributed by atoms with Crippen LogP contribution in [0.25, 0.3) is 0 Å². The summed E-state index contributed by atoms with van der Waals surface area (Å²) in [7, 11) is 0. The Morgan fingerprint density at radius 3 is 2.65 bits per heavy atom. The van der Waals surface area contributed by atoms with Crippen molar-refractivity contribution in [3.63, 3.8) is 0 Å². The number of hydrogen-bond donors (Lipinski definition) is 2. The minimum atomic E-state index is -4.22. The quantitative estimate of drug-likeness (QED) is 0.855. The first-order chi connectivity index (χ1) is 12.1. The lowest BCUT2D eigenvalue weighted by Gasteiger charge is -2.31.